The zero-order valence-corrected chi connectivity index (χ0v) is 13.7. The van der Waals surface area contributed by atoms with Crippen molar-refractivity contribution in [1.29, 1.82) is 0 Å². The third kappa shape index (κ3) is 3.72. The number of halogens is 1. The van der Waals surface area contributed by atoms with Gasteiger partial charge in [-0.3, -0.25) is 9.69 Å². The molecule has 1 saturated carbocycles. The molecule has 2 aromatic rings. The Labute approximate surface area is 135 Å². The quantitative estimate of drug-likeness (QED) is 0.474. The average Bonchev–Trinajstić information content (AvgIpc) is 3.17. The molecule has 0 unspecified atom stereocenters. The first-order valence-electron chi connectivity index (χ1n) is 6.50. The maximum Gasteiger partial charge on any atom is 0.225 e. The molecule has 0 N–H and O–H groups in total. The fraction of sp³-hybridized carbons (Fsp3) is 0.385. The van der Waals surface area contributed by atoms with E-state index in [4.69, 9.17) is 11.6 Å². The molecule has 0 saturated heterocycles. The molecule has 2 heterocycles. The highest BCUT2D eigenvalue weighted by Gasteiger charge is 2.34. The summed E-state index contributed by atoms with van der Waals surface area (Å²) in [5.74, 6) is 0.787. The van der Waals surface area contributed by atoms with Crippen molar-refractivity contribution in [2.45, 2.75) is 35.9 Å². The molecule has 1 amide bonds. The minimum Gasteiger partial charge on any atom is -0.284 e. The van der Waals surface area contributed by atoms with Gasteiger partial charge in [0.15, 0.2) is 4.34 Å². The van der Waals surface area contributed by atoms with Crippen molar-refractivity contribution >= 4 is 45.7 Å². The van der Waals surface area contributed by atoms with Crippen LogP contribution in [0, 0.1) is 0 Å². The first-order valence-corrected chi connectivity index (χ1v) is 8.68. The van der Waals surface area contributed by atoms with Crippen molar-refractivity contribution in [2.24, 2.45) is 0 Å². The minimum absolute atomic E-state index is 0.0344. The van der Waals surface area contributed by atoms with Gasteiger partial charge in [0.25, 0.3) is 0 Å². The molecule has 1 aliphatic rings. The lowest BCUT2D eigenvalue weighted by Crippen LogP contribution is -2.30. The fourth-order valence-corrected chi connectivity index (χ4v) is 3.88. The van der Waals surface area contributed by atoms with E-state index in [1.807, 2.05) is 6.07 Å². The number of rotatable bonds is 5. The Kier molecular flexibility index (Phi) is 4.42. The zero-order valence-electron chi connectivity index (χ0n) is 11.3. The first-order chi connectivity index (χ1) is 10.1. The first kappa shape index (κ1) is 14.7. The number of amides is 1. The lowest BCUT2D eigenvalue weighted by atomic mass is 10.3. The van der Waals surface area contributed by atoms with Crippen LogP contribution in [-0.4, -0.2) is 27.1 Å². The molecule has 0 radical (unpaired) electrons. The van der Waals surface area contributed by atoms with E-state index >= 15 is 0 Å². The monoisotopic (exact) mass is 340 g/mol. The van der Waals surface area contributed by atoms with Gasteiger partial charge in [0.05, 0.1) is 0 Å². The molecule has 0 atom stereocenters. The number of carbonyl (C=O) groups is 1. The highest BCUT2D eigenvalue weighted by molar-refractivity contribution is 8.00. The van der Waals surface area contributed by atoms with Crippen LogP contribution in [0.15, 0.2) is 22.7 Å². The van der Waals surface area contributed by atoms with Crippen molar-refractivity contribution in [1.82, 2.24) is 15.2 Å². The van der Waals surface area contributed by atoms with Gasteiger partial charge in [-0.15, -0.1) is 10.2 Å². The molecular weight excluding hydrogens is 328 g/mol. The number of hydrogen-bond acceptors (Lipinski definition) is 6. The van der Waals surface area contributed by atoms with Crippen LogP contribution in [0.3, 0.4) is 0 Å². The molecule has 0 aromatic carbocycles. The SMILES string of the molecule is CC(=O)N(c1nnc(SCc2ccc(Cl)nc2)s1)C1CC1. The van der Waals surface area contributed by atoms with E-state index in [-0.39, 0.29) is 5.91 Å². The summed E-state index contributed by atoms with van der Waals surface area (Å²) in [5, 5.41) is 9.48. The summed E-state index contributed by atoms with van der Waals surface area (Å²) >= 11 is 8.80. The molecule has 0 aliphatic heterocycles. The second-order valence-electron chi connectivity index (χ2n) is 4.75. The second-order valence-corrected chi connectivity index (χ2v) is 7.31. The lowest BCUT2D eigenvalue weighted by Gasteiger charge is -2.15. The maximum absolute atomic E-state index is 11.7. The molecule has 5 nitrogen and oxygen atoms in total. The van der Waals surface area contributed by atoms with Crippen molar-refractivity contribution in [3.8, 4) is 0 Å². The number of pyridine rings is 1. The van der Waals surface area contributed by atoms with E-state index in [0.717, 1.165) is 28.5 Å². The number of nitrogens with zero attached hydrogens (tertiary/aromatic N) is 4. The highest BCUT2D eigenvalue weighted by atomic mass is 35.5. The predicted molar refractivity (Wildman–Crippen MR) is 84.9 cm³/mol. The van der Waals surface area contributed by atoms with Crippen molar-refractivity contribution in [3.05, 3.63) is 29.0 Å². The van der Waals surface area contributed by atoms with Crippen LogP contribution in [0.25, 0.3) is 0 Å². The Bertz CT molecular complexity index is 642. The smallest absolute Gasteiger partial charge is 0.225 e. The molecule has 1 aliphatic carbocycles. The van der Waals surface area contributed by atoms with Gasteiger partial charge in [-0.2, -0.15) is 0 Å². The molecule has 8 heteroatoms. The van der Waals surface area contributed by atoms with Gasteiger partial charge in [0.2, 0.25) is 11.0 Å². The molecule has 110 valence electrons. The van der Waals surface area contributed by atoms with Gasteiger partial charge in [0.1, 0.15) is 5.15 Å². The molecule has 1 fully saturated rings. The molecule has 0 spiro atoms. The fourth-order valence-electron chi connectivity index (χ4n) is 1.88. The van der Waals surface area contributed by atoms with Crippen LogP contribution < -0.4 is 4.90 Å². The van der Waals surface area contributed by atoms with Crippen molar-refractivity contribution in [2.75, 3.05) is 4.90 Å². The molecule has 2 aromatic heterocycles. The van der Waals surface area contributed by atoms with Gasteiger partial charge < -0.3 is 0 Å². The summed E-state index contributed by atoms with van der Waals surface area (Å²) in [6.45, 7) is 1.58. The largest absolute Gasteiger partial charge is 0.284 e. The van der Waals surface area contributed by atoms with E-state index in [2.05, 4.69) is 15.2 Å². The van der Waals surface area contributed by atoms with Gasteiger partial charge in [0, 0.05) is 24.9 Å². The topological polar surface area (TPSA) is 59.0 Å². The number of anilines is 1. The van der Waals surface area contributed by atoms with Crippen molar-refractivity contribution in [3.63, 3.8) is 0 Å². The number of carbonyl (C=O) groups excluding carboxylic acids is 1. The number of aromatic nitrogens is 3. The third-order valence-electron chi connectivity index (χ3n) is 3.00. The van der Waals surface area contributed by atoms with Gasteiger partial charge >= 0.3 is 0 Å². The average molecular weight is 341 g/mol. The molecular formula is C13H13ClN4OS2. The Balaban J connectivity index is 1.64. The lowest BCUT2D eigenvalue weighted by molar-refractivity contribution is -0.116. The normalized spacial score (nSPS) is 14.2. The second kappa shape index (κ2) is 6.29. The third-order valence-corrected chi connectivity index (χ3v) is 5.35. The van der Waals surface area contributed by atoms with Crippen LogP contribution in [-0.2, 0) is 10.5 Å². The van der Waals surface area contributed by atoms with E-state index in [0.29, 0.717) is 16.3 Å². The minimum atomic E-state index is 0.0344. The van der Waals surface area contributed by atoms with Crippen molar-refractivity contribution < 1.29 is 4.79 Å². The Morgan fingerprint density at radius 3 is 2.90 bits per heavy atom. The zero-order chi connectivity index (χ0) is 14.8. The Hall–Kier alpha value is -1.18. The standard InChI is InChI=1S/C13H13ClN4OS2/c1-8(19)18(10-3-4-10)12-16-17-13(21-12)20-7-9-2-5-11(14)15-6-9/h2,5-6,10H,3-4,7H2,1H3. The van der Waals surface area contributed by atoms with E-state index in [1.165, 1.54) is 11.3 Å². The van der Waals surface area contributed by atoms with Crippen LogP contribution in [0.5, 0.6) is 0 Å². The summed E-state index contributed by atoms with van der Waals surface area (Å²) in [6.07, 6.45) is 3.86. The highest BCUT2D eigenvalue weighted by Crippen LogP contribution is 2.36. The summed E-state index contributed by atoms with van der Waals surface area (Å²) in [7, 11) is 0. The molecule has 0 bridgehead atoms. The summed E-state index contributed by atoms with van der Waals surface area (Å²) in [6, 6.07) is 4.03. The van der Waals surface area contributed by atoms with Crippen LogP contribution in [0.2, 0.25) is 5.15 Å². The Morgan fingerprint density at radius 2 is 2.29 bits per heavy atom. The molecule has 3 rings (SSSR count). The predicted octanol–water partition coefficient (Wildman–Crippen LogP) is 3.39. The van der Waals surface area contributed by atoms with Crippen LogP contribution >= 0.6 is 34.7 Å². The summed E-state index contributed by atoms with van der Waals surface area (Å²) in [4.78, 5) is 17.5. The summed E-state index contributed by atoms with van der Waals surface area (Å²) in [5.41, 5.74) is 1.08. The Morgan fingerprint density at radius 1 is 1.48 bits per heavy atom. The van der Waals surface area contributed by atoms with Crippen LogP contribution in [0.1, 0.15) is 25.3 Å². The van der Waals surface area contributed by atoms with E-state index in [1.54, 1.807) is 35.8 Å². The number of thioether (sulfide) groups is 1. The van der Waals surface area contributed by atoms with Gasteiger partial charge in [-0.25, -0.2) is 4.98 Å². The summed E-state index contributed by atoms with van der Waals surface area (Å²) < 4.78 is 0.854. The van der Waals surface area contributed by atoms with E-state index < -0.39 is 0 Å². The van der Waals surface area contributed by atoms with Gasteiger partial charge in [-0.1, -0.05) is 40.8 Å². The molecule has 21 heavy (non-hydrogen) atoms. The van der Waals surface area contributed by atoms with E-state index in [9.17, 15) is 4.79 Å². The van der Waals surface area contributed by atoms with Crippen LogP contribution in [0.4, 0.5) is 5.13 Å². The van der Waals surface area contributed by atoms with Gasteiger partial charge in [-0.05, 0) is 24.5 Å². The maximum atomic E-state index is 11.7. The number of hydrogen-bond donors (Lipinski definition) is 0.